The lowest BCUT2D eigenvalue weighted by Crippen LogP contribution is -2.40. The molecule has 118 valence electrons. The molecular formula is C14H17FN4O2S. The Morgan fingerprint density at radius 2 is 2.36 bits per heavy atom. The summed E-state index contributed by atoms with van der Waals surface area (Å²) in [6.07, 6.45) is -0.622. The van der Waals surface area contributed by atoms with Gasteiger partial charge in [-0.3, -0.25) is 4.79 Å². The molecule has 6 nitrogen and oxygen atoms in total. The smallest absolute Gasteiger partial charge is 0.318 e. The monoisotopic (exact) mass is 324 g/mol. The fourth-order valence-corrected chi connectivity index (χ4v) is 3.43. The molecule has 0 aliphatic carbocycles. The maximum atomic E-state index is 13.7. The number of nitrogens with one attached hydrogen (secondary N) is 1. The van der Waals surface area contributed by atoms with Crippen molar-refractivity contribution in [2.75, 3.05) is 18.0 Å². The minimum Gasteiger partial charge on any atom is -0.408 e. The normalized spacial score (nSPS) is 21.3. The molecule has 1 N–H and O–H groups in total. The average Bonchev–Trinajstić information content (AvgIpc) is 3.16. The van der Waals surface area contributed by atoms with E-state index in [9.17, 15) is 9.18 Å². The number of nitrogens with zero attached hydrogens (tertiary/aromatic N) is 3. The molecule has 2 atom stereocenters. The highest BCUT2D eigenvalue weighted by molar-refractivity contribution is 7.12. The van der Waals surface area contributed by atoms with Gasteiger partial charge in [0, 0.05) is 19.9 Å². The summed E-state index contributed by atoms with van der Waals surface area (Å²) in [5.74, 6) is 0.311. The zero-order chi connectivity index (χ0) is 15.7. The first-order valence-corrected chi connectivity index (χ1v) is 7.95. The highest BCUT2D eigenvalue weighted by atomic mass is 32.1. The van der Waals surface area contributed by atoms with Crippen LogP contribution in [-0.4, -0.2) is 41.4 Å². The Morgan fingerprint density at radius 3 is 3.00 bits per heavy atom. The number of aromatic nitrogens is 2. The molecule has 0 saturated carbocycles. The van der Waals surface area contributed by atoms with Crippen LogP contribution in [0.4, 0.5) is 10.4 Å². The summed E-state index contributed by atoms with van der Waals surface area (Å²) < 4.78 is 19.1. The van der Waals surface area contributed by atoms with Crippen LogP contribution in [0.1, 0.15) is 27.5 Å². The lowest BCUT2D eigenvalue weighted by Gasteiger charge is -2.22. The summed E-state index contributed by atoms with van der Waals surface area (Å²) in [5.41, 5.74) is 0.946. The summed E-state index contributed by atoms with van der Waals surface area (Å²) in [6, 6.07) is 2.03. The summed E-state index contributed by atoms with van der Waals surface area (Å²) >= 11 is 1.40. The van der Waals surface area contributed by atoms with Gasteiger partial charge in [-0.2, -0.15) is 0 Å². The average molecular weight is 324 g/mol. The minimum absolute atomic E-state index is 0.128. The van der Waals surface area contributed by atoms with Crippen LogP contribution in [0.3, 0.4) is 0 Å². The van der Waals surface area contributed by atoms with Gasteiger partial charge in [0.15, 0.2) is 0 Å². The van der Waals surface area contributed by atoms with Gasteiger partial charge >= 0.3 is 6.01 Å². The maximum Gasteiger partial charge on any atom is 0.318 e. The van der Waals surface area contributed by atoms with Crippen molar-refractivity contribution >= 4 is 23.3 Å². The Balaban J connectivity index is 1.65. The van der Waals surface area contributed by atoms with Crippen LogP contribution in [-0.2, 0) is 0 Å². The predicted octanol–water partition coefficient (Wildman–Crippen LogP) is 2.09. The second-order valence-corrected chi connectivity index (χ2v) is 6.30. The van der Waals surface area contributed by atoms with Crippen molar-refractivity contribution in [1.29, 1.82) is 0 Å². The summed E-state index contributed by atoms with van der Waals surface area (Å²) in [7, 11) is 0. The molecule has 2 aromatic heterocycles. The van der Waals surface area contributed by atoms with Crippen molar-refractivity contribution in [2.45, 2.75) is 32.5 Å². The molecule has 1 saturated heterocycles. The van der Waals surface area contributed by atoms with Crippen molar-refractivity contribution in [1.82, 2.24) is 15.5 Å². The Labute approximate surface area is 131 Å². The lowest BCUT2D eigenvalue weighted by atomic mass is 10.2. The van der Waals surface area contributed by atoms with Gasteiger partial charge in [-0.1, -0.05) is 5.10 Å². The van der Waals surface area contributed by atoms with Crippen LogP contribution in [0, 0.1) is 13.8 Å². The zero-order valence-corrected chi connectivity index (χ0v) is 13.2. The number of hydrogen-bond acceptors (Lipinski definition) is 6. The molecule has 1 amide bonds. The Bertz CT molecular complexity index is 671. The van der Waals surface area contributed by atoms with E-state index in [1.807, 2.05) is 18.4 Å². The van der Waals surface area contributed by atoms with E-state index in [0.29, 0.717) is 29.7 Å². The zero-order valence-electron chi connectivity index (χ0n) is 12.4. The Hall–Kier alpha value is -1.96. The molecule has 0 spiro atoms. The fourth-order valence-electron chi connectivity index (χ4n) is 2.59. The highest BCUT2D eigenvalue weighted by Gasteiger charge is 2.35. The Kier molecular flexibility index (Phi) is 4.10. The number of thiophene rings is 1. The van der Waals surface area contributed by atoms with Crippen LogP contribution in [0.15, 0.2) is 15.9 Å². The van der Waals surface area contributed by atoms with E-state index >= 15 is 0 Å². The van der Waals surface area contributed by atoms with Gasteiger partial charge in [-0.25, -0.2) is 4.39 Å². The molecule has 8 heteroatoms. The van der Waals surface area contributed by atoms with Crippen molar-refractivity contribution in [3.05, 3.63) is 27.8 Å². The van der Waals surface area contributed by atoms with Gasteiger partial charge in [-0.05, 0) is 23.9 Å². The highest BCUT2D eigenvalue weighted by Crippen LogP contribution is 2.26. The predicted molar refractivity (Wildman–Crippen MR) is 81.1 cm³/mol. The quantitative estimate of drug-likeness (QED) is 0.932. The molecule has 22 heavy (non-hydrogen) atoms. The van der Waals surface area contributed by atoms with Crippen molar-refractivity contribution in [3.63, 3.8) is 0 Å². The second-order valence-electron chi connectivity index (χ2n) is 5.39. The fraction of sp³-hybridized carbons (Fsp3) is 0.500. The number of aryl methyl sites for hydroxylation is 2. The molecule has 0 aromatic carbocycles. The molecule has 1 fully saturated rings. The van der Waals surface area contributed by atoms with E-state index in [1.54, 1.807) is 11.8 Å². The standard InChI is InChI=1S/C14H17FN4O2S/c1-8-3-4-22-12(8)13(20)16-6-11-5-10(15)7-19(11)14-18-17-9(2)21-14/h3-4,10-11H,5-7H2,1-2H3,(H,16,20)/t10-,11-/m0/s1. The van der Waals surface area contributed by atoms with Gasteiger partial charge in [0.05, 0.1) is 17.5 Å². The number of amides is 1. The summed E-state index contributed by atoms with van der Waals surface area (Å²) in [6.45, 7) is 4.14. The molecule has 1 aliphatic rings. The number of carbonyl (C=O) groups is 1. The largest absolute Gasteiger partial charge is 0.408 e. The number of carbonyl (C=O) groups excluding carboxylic acids is 1. The first-order valence-electron chi connectivity index (χ1n) is 7.07. The minimum atomic E-state index is -0.961. The Morgan fingerprint density at radius 1 is 1.55 bits per heavy atom. The third kappa shape index (κ3) is 2.96. The summed E-state index contributed by atoms with van der Waals surface area (Å²) in [4.78, 5) is 14.6. The number of halogens is 1. The second kappa shape index (κ2) is 6.04. The van der Waals surface area contributed by atoms with Crippen LogP contribution in [0.5, 0.6) is 0 Å². The third-order valence-electron chi connectivity index (χ3n) is 3.69. The third-order valence-corrected chi connectivity index (χ3v) is 4.71. The summed E-state index contributed by atoms with van der Waals surface area (Å²) in [5, 5.41) is 12.5. The number of anilines is 1. The molecule has 0 unspecified atom stereocenters. The number of hydrogen-bond donors (Lipinski definition) is 1. The number of alkyl halides is 1. The molecule has 1 aliphatic heterocycles. The van der Waals surface area contributed by atoms with Gasteiger partial charge < -0.3 is 14.6 Å². The SMILES string of the molecule is Cc1nnc(N2C[C@@H](F)C[C@H]2CNC(=O)c2sccc2C)o1. The molecular weight excluding hydrogens is 307 g/mol. The number of rotatable bonds is 4. The van der Waals surface area contributed by atoms with Gasteiger partial charge in [0.1, 0.15) is 6.17 Å². The van der Waals surface area contributed by atoms with E-state index in [4.69, 9.17) is 4.42 Å². The van der Waals surface area contributed by atoms with Crippen molar-refractivity contribution in [3.8, 4) is 0 Å². The lowest BCUT2D eigenvalue weighted by molar-refractivity contribution is 0.0954. The van der Waals surface area contributed by atoms with Crippen LogP contribution < -0.4 is 10.2 Å². The topological polar surface area (TPSA) is 71.3 Å². The van der Waals surface area contributed by atoms with Crippen molar-refractivity contribution in [2.24, 2.45) is 0 Å². The van der Waals surface area contributed by atoms with Crippen molar-refractivity contribution < 1.29 is 13.6 Å². The molecule has 0 radical (unpaired) electrons. The van der Waals surface area contributed by atoms with Crippen LogP contribution in [0.2, 0.25) is 0 Å². The maximum absolute atomic E-state index is 13.7. The first-order chi connectivity index (χ1) is 10.5. The van der Waals surface area contributed by atoms with E-state index < -0.39 is 6.17 Å². The van der Waals surface area contributed by atoms with E-state index in [1.165, 1.54) is 11.3 Å². The van der Waals surface area contributed by atoms with Crippen LogP contribution in [0.25, 0.3) is 0 Å². The molecule has 3 rings (SSSR count). The molecule has 0 bridgehead atoms. The van der Waals surface area contributed by atoms with E-state index in [2.05, 4.69) is 15.5 Å². The van der Waals surface area contributed by atoms with Gasteiger partial charge in [-0.15, -0.1) is 16.4 Å². The van der Waals surface area contributed by atoms with E-state index in [-0.39, 0.29) is 18.5 Å². The first kappa shape index (κ1) is 15.0. The van der Waals surface area contributed by atoms with E-state index in [0.717, 1.165) is 5.56 Å². The van der Waals surface area contributed by atoms with Crippen LogP contribution >= 0.6 is 11.3 Å². The molecule has 2 aromatic rings. The van der Waals surface area contributed by atoms with Gasteiger partial charge in [0.2, 0.25) is 5.89 Å². The molecule has 3 heterocycles. The van der Waals surface area contributed by atoms with Gasteiger partial charge in [0.25, 0.3) is 5.91 Å².